The van der Waals surface area contributed by atoms with Gasteiger partial charge in [-0.2, -0.15) is 0 Å². The summed E-state index contributed by atoms with van der Waals surface area (Å²) in [7, 11) is 1.72. The van der Waals surface area contributed by atoms with Gasteiger partial charge < -0.3 is 10.4 Å². The third kappa shape index (κ3) is 5.01. The summed E-state index contributed by atoms with van der Waals surface area (Å²) in [4.78, 5) is 39.1. The molecule has 8 nitrogen and oxygen atoms in total. The van der Waals surface area contributed by atoms with Crippen LogP contribution >= 0.6 is 0 Å². The highest BCUT2D eigenvalue weighted by molar-refractivity contribution is 5.94. The third-order valence-electron chi connectivity index (χ3n) is 6.76. The molecule has 0 saturated heterocycles. The summed E-state index contributed by atoms with van der Waals surface area (Å²) in [6, 6.07) is 20.1. The van der Waals surface area contributed by atoms with Gasteiger partial charge in [0.1, 0.15) is 11.6 Å². The quantitative estimate of drug-likeness (QED) is 0.289. The van der Waals surface area contributed by atoms with Gasteiger partial charge >= 0.3 is 5.97 Å². The van der Waals surface area contributed by atoms with Gasteiger partial charge in [0.2, 0.25) is 0 Å². The Hall–Kier alpha value is -4.85. The summed E-state index contributed by atoms with van der Waals surface area (Å²) in [6.07, 6.45) is 0. The number of fused-ring (bicyclic) bond motifs is 1. The van der Waals surface area contributed by atoms with E-state index >= 15 is 0 Å². The number of hydrogen-bond acceptors (Lipinski definition) is 6. The van der Waals surface area contributed by atoms with E-state index in [0.29, 0.717) is 28.2 Å². The van der Waals surface area contributed by atoms with Gasteiger partial charge in [0.25, 0.3) is 5.56 Å². The zero-order chi connectivity index (χ0) is 27.8. The van der Waals surface area contributed by atoms with E-state index in [2.05, 4.69) is 15.3 Å². The molecule has 196 valence electrons. The lowest BCUT2D eigenvalue weighted by Crippen LogP contribution is -2.22. The number of nitrogens with zero attached hydrogens (tertiary/aromatic N) is 4. The predicted molar refractivity (Wildman–Crippen MR) is 153 cm³/mol. The Morgan fingerprint density at radius 1 is 0.923 bits per heavy atom. The molecule has 8 heteroatoms. The summed E-state index contributed by atoms with van der Waals surface area (Å²) in [5, 5.41) is 13.4. The molecule has 5 aromatic rings. The number of para-hydroxylation sites is 1. The number of carboxylic acids is 1. The highest BCUT2D eigenvalue weighted by Gasteiger charge is 2.19. The number of carboxylic acid groups (broad SMARTS) is 1. The van der Waals surface area contributed by atoms with Crippen molar-refractivity contribution in [1.29, 1.82) is 0 Å². The first kappa shape index (κ1) is 25.8. The Morgan fingerprint density at radius 3 is 2.31 bits per heavy atom. The van der Waals surface area contributed by atoms with Crippen molar-refractivity contribution in [3.05, 3.63) is 105 Å². The van der Waals surface area contributed by atoms with E-state index in [0.717, 1.165) is 33.6 Å². The number of rotatable bonds is 6. The maximum Gasteiger partial charge on any atom is 0.337 e. The van der Waals surface area contributed by atoms with Crippen LogP contribution in [0.25, 0.3) is 33.5 Å². The molecule has 39 heavy (non-hydrogen) atoms. The van der Waals surface area contributed by atoms with E-state index in [1.54, 1.807) is 35.9 Å². The molecule has 0 saturated carbocycles. The largest absolute Gasteiger partial charge is 0.478 e. The maximum absolute atomic E-state index is 13.5. The van der Waals surface area contributed by atoms with Crippen LogP contribution in [0.1, 0.15) is 46.0 Å². The fourth-order valence-corrected chi connectivity index (χ4v) is 4.90. The molecule has 0 aliphatic heterocycles. The number of benzene rings is 3. The van der Waals surface area contributed by atoms with Gasteiger partial charge in [-0.05, 0) is 57.5 Å². The summed E-state index contributed by atoms with van der Waals surface area (Å²) in [6.45, 7) is 7.68. The van der Waals surface area contributed by atoms with Crippen LogP contribution in [-0.4, -0.2) is 30.6 Å². The van der Waals surface area contributed by atoms with Crippen LogP contribution in [-0.2, 0) is 7.05 Å². The van der Waals surface area contributed by atoms with E-state index in [1.807, 2.05) is 70.2 Å². The Bertz CT molecular complexity index is 1770. The zero-order valence-corrected chi connectivity index (χ0v) is 22.5. The summed E-state index contributed by atoms with van der Waals surface area (Å²) in [5.41, 5.74) is 6.33. The minimum absolute atomic E-state index is 0.149. The highest BCUT2D eigenvalue weighted by atomic mass is 16.4. The molecule has 0 bridgehead atoms. The zero-order valence-electron chi connectivity index (χ0n) is 22.5. The monoisotopic (exact) mass is 519 g/mol. The standard InChI is InChI=1S/C31H29N5O3/c1-17-14-24(19(3)33-26-9-7-6-8-23(26)31(38)39)28-25(15-17)30(37)36(5)29(35-28)22-12-10-21(11-13-22)27-16-18(2)32-20(4)34-27/h6-16,19,33H,1-5H3,(H,38,39)/t19-/m1/s1. The molecular formula is C31H29N5O3. The number of nitrogens with one attached hydrogen (secondary N) is 1. The Labute approximate surface area is 226 Å². The van der Waals surface area contributed by atoms with Crippen LogP contribution in [0.2, 0.25) is 0 Å². The second-order valence-corrected chi connectivity index (χ2v) is 9.79. The van der Waals surface area contributed by atoms with Crippen molar-refractivity contribution >= 4 is 22.6 Å². The third-order valence-corrected chi connectivity index (χ3v) is 6.76. The van der Waals surface area contributed by atoms with E-state index in [4.69, 9.17) is 4.98 Å². The average molecular weight is 520 g/mol. The lowest BCUT2D eigenvalue weighted by atomic mass is 10.00. The van der Waals surface area contributed by atoms with Crippen molar-refractivity contribution in [2.24, 2.45) is 7.05 Å². The van der Waals surface area contributed by atoms with Crippen LogP contribution in [0.15, 0.2) is 71.5 Å². The SMILES string of the molecule is Cc1cc([C@@H](C)Nc2ccccc2C(=O)O)c2nc(-c3ccc(-c4cc(C)nc(C)n4)cc3)n(C)c(=O)c2c1. The summed E-state index contributed by atoms with van der Waals surface area (Å²) < 4.78 is 1.57. The molecule has 2 heterocycles. The van der Waals surface area contributed by atoms with Crippen LogP contribution in [0.4, 0.5) is 5.69 Å². The molecule has 0 aliphatic carbocycles. The number of carbonyl (C=O) groups is 1. The molecule has 0 amide bonds. The first-order chi connectivity index (χ1) is 18.6. The van der Waals surface area contributed by atoms with Gasteiger partial charge in [0.15, 0.2) is 0 Å². The molecule has 3 aromatic carbocycles. The van der Waals surface area contributed by atoms with Crippen molar-refractivity contribution in [3.63, 3.8) is 0 Å². The van der Waals surface area contributed by atoms with Crippen molar-refractivity contribution in [2.75, 3.05) is 5.32 Å². The molecule has 0 aliphatic rings. The average Bonchev–Trinajstić information content (AvgIpc) is 2.90. The Kier molecular flexibility index (Phi) is 6.70. The van der Waals surface area contributed by atoms with Gasteiger partial charge in [-0.1, -0.05) is 42.5 Å². The minimum Gasteiger partial charge on any atom is -0.478 e. The fraction of sp³-hybridized carbons (Fsp3) is 0.194. The molecule has 1 atom stereocenters. The van der Waals surface area contributed by atoms with Crippen LogP contribution in [0.3, 0.4) is 0 Å². The lowest BCUT2D eigenvalue weighted by molar-refractivity contribution is 0.0698. The first-order valence-corrected chi connectivity index (χ1v) is 12.7. The van der Waals surface area contributed by atoms with E-state index in [9.17, 15) is 14.7 Å². The van der Waals surface area contributed by atoms with Crippen LogP contribution < -0.4 is 10.9 Å². The Balaban J connectivity index is 1.60. The van der Waals surface area contributed by atoms with Gasteiger partial charge in [0, 0.05) is 35.1 Å². The molecule has 2 aromatic heterocycles. The topological polar surface area (TPSA) is 110 Å². The predicted octanol–water partition coefficient (Wildman–Crippen LogP) is 5.85. The van der Waals surface area contributed by atoms with E-state index < -0.39 is 5.97 Å². The Morgan fingerprint density at radius 2 is 1.62 bits per heavy atom. The van der Waals surface area contributed by atoms with Crippen molar-refractivity contribution < 1.29 is 9.90 Å². The number of aromatic carboxylic acids is 1. The first-order valence-electron chi connectivity index (χ1n) is 12.7. The maximum atomic E-state index is 13.5. The molecule has 5 rings (SSSR count). The highest BCUT2D eigenvalue weighted by Crippen LogP contribution is 2.30. The second kappa shape index (κ2) is 10.1. The molecule has 0 unspecified atom stereocenters. The normalized spacial score (nSPS) is 11.9. The van der Waals surface area contributed by atoms with E-state index in [1.165, 1.54) is 0 Å². The number of aryl methyl sites for hydroxylation is 3. The van der Waals surface area contributed by atoms with Crippen molar-refractivity contribution in [1.82, 2.24) is 19.5 Å². The van der Waals surface area contributed by atoms with Crippen LogP contribution in [0.5, 0.6) is 0 Å². The minimum atomic E-state index is -1.01. The van der Waals surface area contributed by atoms with Gasteiger partial charge in [-0.15, -0.1) is 0 Å². The van der Waals surface area contributed by atoms with Crippen molar-refractivity contribution in [3.8, 4) is 22.6 Å². The number of hydrogen-bond donors (Lipinski definition) is 2. The van der Waals surface area contributed by atoms with Gasteiger partial charge in [-0.3, -0.25) is 9.36 Å². The summed E-state index contributed by atoms with van der Waals surface area (Å²) >= 11 is 0. The van der Waals surface area contributed by atoms with E-state index in [-0.39, 0.29) is 17.2 Å². The van der Waals surface area contributed by atoms with Crippen LogP contribution in [0, 0.1) is 20.8 Å². The summed E-state index contributed by atoms with van der Waals surface area (Å²) in [5.74, 6) is 0.242. The van der Waals surface area contributed by atoms with Crippen molar-refractivity contribution in [2.45, 2.75) is 33.7 Å². The molecule has 0 radical (unpaired) electrons. The molecule has 0 fully saturated rings. The molecular weight excluding hydrogens is 490 g/mol. The molecule has 2 N–H and O–H groups in total. The molecule has 0 spiro atoms. The fourth-order valence-electron chi connectivity index (χ4n) is 4.90. The second-order valence-electron chi connectivity index (χ2n) is 9.79. The van der Waals surface area contributed by atoms with Gasteiger partial charge in [0.05, 0.1) is 28.2 Å². The number of aromatic nitrogens is 4. The van der Waals surface area contributed by atoms with Gasteiger partial charge in [-0.25, -0.2) is 19.7 Å². The number of anilines is 1. The lowest BCUT2D eigenvalue weighted by Gasteiger charge is -2.20. The smallest absolute Gasteiger partial charge is 0.337 e.